The molecule has 0 atom stereocenters. The minimum atomic E-state index is -0.837. The molecule has 102 valence electrons. The summed E-state index contributed by atoms with van der Waals surface area (Å²) in [7, 11) is 0. The summed E-state index contributed by atoms with van der Waals surface area (Å²) in [5.41, 5.74) is 1.26. The van der Waals surface area contributed by atoms with Gasteiger partial charge < -0.3 is 15.7 Å². The lowest BCUT2D eigenvalue weighted by Crippen LogP contribution is -2.40. The van der Waals surface area contributed by atoms with Crippen LogP contribution >= 0.6 is 0 Å². The molecule has 0 aliphatic heterocycles. The highest BCUT2D eigenvalue weighted by Gasteiger charge is 2.50. The van der Waals surface area contributed by atoms with Gasteiger partial charge in [-0.1, -0.05) is 0 Å². The summed E-state index contributed by atoms with van der Waals surface area (Å²) < 4.78 is 0. The number of carbonyl (C=O) groups excluding carboxylic acids is 1. The van der Waals surface area contributed by atoms with E-state index in [1.165, 1.54) is 0 Å². The van der Waals surface area contributed by atoms with E-state index in [0.717, 1.165) is 11.1 Å². The number of aliphatic carboxylic acids is 1. The van der Waals surface area contributed by atoms with Crippen molar-refractivity contribution in [2.45, 2.75) is 26.3 Å². The van der Waals surface area contributed by atoms with Crippen LogP contribution in [0.25, 0.3) is 0 Å². The van der Waals surface area contributed by atoms with Crippen LogP contribution in [0.1, 0.15) is 24.0 Å². The Hall–Kier alpha value is -2.11. The Balaban J connectivity index is 1.77. The van der Waals surface area contributed by atoms with E-state index in [2.05, 4.69) is 15.6 Å². The molecule has 0 unspecified atom stereocenters. The highest BCUT2D eigenvalue weighted by Crippen LogP contribution is 2.45. The average molecular weight is 263 g/mol. The first kappa shape index (κ1) is 13.3. The number of rotatable bonds is 5. The molecule has 6 nitrogen and oxygen atoms in total. The van der Waals surface area contributed by atoms with E-state index in [0.29, 0.717) is 19.4 Å². The molecule has 1 aliphatic carbocycles. The van der Waals surface area contributed by atoms with Crippen molar-refractivity contribution in [2.24, 2.45) is 5.41 Å². The minimum absolute atomic E-state index is 0.181. The van der Waals surface area contributed by atoms with Gasteiger partial charge in [0.25, 0.3) is 0 Å². The number of aryl methyl sites for hydroxylation is 1. The van der Waals surface area contributed by atoms with E-state index in [4.69, 9.17) is 5.11 Å². The number of carboxylic acid groups (broad SMARTS) is 1. The first-order chi connectivity index (χ1) is 9.03. The van der Waals surface area contributed by atoms with Crippen molar-refractivity contribution in [1.29, 1.82) is 0 Å². The van der Waals surface area contributed by atoms with Gasteiger partial charge in [0.1, 0.15) is 0 Å². The van der Waals surface area contributed by atoms with E-state index >= 15 is 0 Å². The second-order valence-corrected chi connectivity index (χ2v) is 4.92. The van der Waals surface area contributed by atoms with Crippen LogP contribution in [0, 0.1) is 12.3 Å². The van der Waals surface area contributed by atoms with Crippen LogP contribution in [0.4, 0.5) is 4.79 Å². The molecule has 2 amide bonds. The molecule has 19 heavy (non-hydrogen) atoms. The Morgan fingerprint density at radius 2 is 2.16 bits per heavy atom. The number of pyridine rings is 1. The molecule has 1 fully saturated rings. The topological polar surface area (TPSA) is 91.3 Å². The largest absolute Gasteiger partial charge is 0.481 e. The van der Waals surface area contributed by atoms with Gasteiger partial charge in [-0.05, 0) is 37.0 Å². The second kappa shape index (κ2) is 5.26. The third-order valence-corrected chi connectivity index (χ3v) is 3.48. The standard InChI is InChI=1S/C13H17N3O3/c1-9-2-5-14-6-10(9)7-15-12(19)16-8-13(3-4-13)11(17)18/h2,5-6H,3-4,7-8H2,1H3,(H,17,18)(H2,15,16,19). The Kier molecular flexibility index (Phi) is 3.69. The summed E-state index contributed by atoms with van der Waals surface area (Å²) in [6, 6.07) is 1.52. The Morgan fingerprint density at radius 3 is 2.74 bits per heavy atom. The fourth-order valence-corrected chi connectivity index (χ4v) is 1.79. The van der Waals surface area contributed by atoms with Crippen LogP contribution in [-0.2, 0) is 11.3 Å². The second-order valence-electron chi connectivity index (χ2n) is 4.92. The van der Waals surface area contributed by atoms with Gasteiger partial charge in [-0.3, -0.25) is 9.78 Å². The molecule has 0 aromatic carbocycles. The van der Waals surface area contributed by atoms with Crippen molar-refractivity contribution in [2.75, 3.05) is 6.54 Å². The molecule has 2 rings (SSSR count). The number of carboxylic acids is 1. The van der Waals surface area contributed by atoms with Crippen molar-refractivity contribution in [1.82, 2.24) is 15.6 Å². The van der Waals surface area contributed by atoms with Crippen molar-refractivity contribution in [3.63, 3.8) is 0 Å². The summed E-state index contributed by atoms with van der Waals surface area (Å²) in [6.07, 6.45) is 4.66. The quantitative estimate of drug-likeness (QED) is 0.740. The molecule has 1 aliphatic rings. The van der Waals surface area contributed by atoms with E-state index in [1.54, 1.807) is 12.4 Å². The predicted octanol–water partition coefficient (Wildman–Crippen LogP) is 1.05. The van der Waals surface area contributed by atoms with Crippen molar-refractivity contribution < 1.29 is 14.7 Å². The molecular formula is C13H17N3O3. The maximum Gasteiger partial charge on any atom is 0.315 e. The minimum Gasteiger partial charge on any atom is -0.481 e. The number of nitrogens with one attached hydrogen (secondary N) is 2. The van der Waals surface area contributed by atoms with Gasteiger partial charge in [0.05, 0.1) is 5.41 Å². The summed E-state index contributed by atoms with van der Waals surface area (Å²) in [5.74, 6) is -0.837. The number of urea groups is 1. The van der Waals surface area contributed by atoms with E-state index in [1.807, 2.05) is 13.0 Å². The van der Waals surface area contributed by atoms with Gasteiger partial charge in [-0.2, -0.15) is 0 Å². The zero-order valence-electron chi connectivity index (χ0n) is 10.8. The highest BCUT2D eigenvalue weighted by atomic mass is 16.4. The summed E-state index contributed by atoms with van der Waals surface area (Å²) in [4.78, 5) is 26.5. The van der Waals surface area contributed by atoms with Crippen molar-refractivity contribution in [3.05, 3.63) is 29.6 Å². The smallest absolute Gasteiger partial charge is 0.315 e. The number of hydrogen-bond donors (Lipinski definition) is 3. The highest BCUT2D eigenvalue weighted by molar-refractivity contribution is 5.80. The van der Waals surface area contributed by atoms with Gasteiger partial charge in [0.15, 0.2) is 0 Å². The van der Waals surface area contributed by atoms with Crippen LogP contribution < -0.4 is 10.6 Å². The predicted molar refractivity (Wildman–Crippen MR) is 68.5 cm³/mol. The SMILES string of the molecule is Cc1ccncc1CNC(=O)NCC1(C(=O)O)CC1. The van der Waals surface area contributed by atoms with Crippen LogP contribution in [0.15, 0.2) is 18.5 Å². The number of amides is 2. The lowest BCUT2D eigenvalue weighted by atomic mass is 10.1. The Bertz CT molecular complexity index is 498. The Labute approximate surface area is 111 Å². The zero-order valence-corrected chi connectivity index (χ0v) is 10.8. The molecule has 1 aromatic rings. The van der Waals surface area contributed by atoms with Crippen LogP contribution in [-0.4, -0.2) is 28.6 Å². The monoisotopic (exact) mass is 263 g/mol. The molecule has 0 bridgehead atoms. The number of hydrogen-bond acceptors (Lipinski definition) is 3. The van der Waals surface area contributed by atoms with Gasteiger partial charge in [-0.15, -0.1) is 0 Å². The lowest BCUT2D eigenvalue weighted by molar-refractivity contribution is -0.143. The molecule has 0 radical (unpaired) electrons. The first-order valence-electron chi connectivity index (χ1n) is 6.18. The molecular weight excluding hydrogens is 246 g/mol. The molecule has 0 spiro atoms. The molecule has 3 N–H and O–H groups in total. The lowest BCUT2D eigenvalue weighted by Gasteiger charge is -2.12. The van der Waals surface area contributed by atoms with Gasteiger partial charge in [0, 0.05) is 25.5 Å². The summed E-state index contributed by atoms with van der Waals surface area (Å²) in [6.45, 7) is 2.51. The number of nitrogens with zero attached hydrogens (tertiary/aromatic N) is 1. The molecule has 1 saturated carbocycles. The fraction of sp³-hybridized carbons (Fsp3) is 0.462. The normalized spacial score (nSPS) is 15.6. The van der Waals surface area contributed by atoms with Gasteiger partial charge in [0.2, 0.25) is 0 Å². The van der Waals surface area contributed by atoms with E-state index in [-0.39, 0.29) is 12.6 Å². The maximum absolute atomic E-state index is 11.6. The van der Waals surface area contributed by atoms with Crippen molar-refractivity contribution in [3.8, 4) is 0 Å². The zero-order chi connectivity index (χ0) is 13.9. The Morgan fingerprint density at radius 1 is 1.42 bits per heavy atom. The summed E-state index contributed by atoms with van der Waals surface area (Å²) in [5, 5.41) is 14.3. The van der Waals surface area contributed by atoms with Crippen LogP contribution in [0.5, 0.6) is 0 Å². The molecule has 0 saturated heterocycles. The van der Waals surface area contributed by atoms with Crippen molar-refractivity contribution >= 4 is 12.0 Å². The number of carbonyl (C=O) groups is 2. The maximum atomic E-state index is 11.6. The molecule has 6 heteroatoms. The van der Waals surface area contributed by atoms with Crippen LogP contribution in [0.3, 0.4) is 0 Å². The third-order valence-electron chi connectivity index (χ3n) is 3.48. The van der Waals surface area contributed by atoms with Crippen LogP contribution in [0.2, 0.25) is 0 Å². The third kappa shape index (κ3) is 3.21. The van der Waals surface area contributed by atoms with Gasteiger partial charge in [-0.25, -0.2) is 4.79 Å². The first-order valence-corrected chi connectivity index (χ1v) is 6.18. The molecule has 1 aromatic heterocycles. The fourth-order valence-electron chi connectivity index (χ4n) is 1.79. The van der Waals surface area contributed by atoms with E-state index in [9.17, 15) is 9.59 Å². The van der Waals surface area contributed by atoms with E-state index < -0.39 is 11.4 Å². The summed E-state index contributed by atoms with van der Waals surface area (Å²) >= 11 is 0. The molecule has 1 heterocycles. The average Bonchev–Trinajstić information content (AvgIpc) is 3.16. The van der Waals surface area contributed by atoms with Gasteiger partial charge >= 0.3 is 12.0 Å². The number of aromatic nitrogens is 1.